The summed E-state index contributed by atoms with van der Waals surface area (Å²) in [5.74, 6) is 0.639. The number of nitrogens with one attached hydrogen (secondary N) is 1. The molecule has 3 aromatic carbocycles. The second kappa shape index (κ2) is 11.4. The third-order valence-corrected chi connectivity index (χ3v) is 7.70. The molecule has 0 fully saturated rings. The van der Waals surface area contributed by atoms with Crippen molar-refractivity contribution >= 4 is 21.6 Å². The van der Waals surface area contributed by atoms with Gasteiger partial charge in [-0.15, -0.1) is 0 Å². The number of anilines is 1. The van der Waals surface area contributed by atoms with Crippen LogP contribution >= 0.6 is 0 Å². The summed E-state index contributed by atoms with van der Waals surface area (Å²) in [5, 5.41) is 2.77. The van der Waals surface area contributed by atoms with Crippen LogP contribution in [-0.4, -0.2) is 34.0 Å². The van der Waals surface area contributed by atoms with Gasteiger partial charge < -0.3 is 10.1 Å². The van der Waals surface area contributed by atoms with Gasteiger partial charge in [0.05, 0.1) is 17.1 Å². The predicted octanol–water partition coefficient (Wildman–Crippen LogP) is 5.13. The highest BCUT2D eigenvalue weighted by molar-refractivity contribution is 7.92. The van der Waals surface area contributed by atoms with E-state index < -0.39 is 15.9 Å². The average molecular weight is 495 g/mol. The third-order valence-electron chi connectivity index (χ3n) is 5.92. The Labute approximate surface area is 209 Å². The van der Waals surface area contributed by atoms with Crippen LogP contribution in [0.15, 0.2) is 71.6 Å². The first-order chi connectivity index (χ1) is 16.6. The van der Waals surface area contributed by atoms with Crippen LogP contribution in [0.25, 0.3) is 0 Å². The van der Waals surface area contributed by atoms with Crippen LogP contribution < -0.4 is 14.4 Å². The lowest BCUT2D eigenvalue weighted by Crippen LogP contribution is -2.41. The molecule has 0 aliphatic heterocycles. The van der Waals surface area contributed by atoms with Gasteiger partial charge in [-0.3, -0.25) is 9.10 Å². The summed E-state index contributed by atoms with van der Waals surface area (Å²) in [6.45, 7) is 10.3. The van der Waals surface area contributed by atoms with Crippen LogP contribution in [0.1, 0.15) is 42.0 Å². The molecule has 7 heteroatoms. The van der Waals surface area contributed by atoms with Gasteiger partial charge in [-0.05, 0) is 79.8 Å². The summed E-state index contributed by atoms with van der Waals surface area (Å²) in [6, 6.07) is 19.7. The Bertz CT molecular complexity index is 1250. The zero-order valence-electron chi connectivity index (χ0n) is 21.0. The molecule has 0 aliphatic rings. The van der Waals surface area contributed by atoms with Crippen molar-refractivity contribution in [3.63, 3.8) is 0 Å². The van der Waals surface area contributed by atoms with Gasteiger partial charge in [0, 0.05) is 0 Å². The van der Waals surface area contributed by atoms with Gasteiger partial charge >= 0.3 is 0 Å². The van der Waals surface area contributed by atoms with E-state index in [1.54, 1.807) is 36.4 Å². The maximum atomic E-state index is 13.5. The molecule has 0 saturated carbocycles. The van der Waals surface area contributed by atoms with E-state index in [2.05, 4.69) is 19.2 Å². The Hall–Kier alpha value is -3.32. The molecule has 35 heavy (non-hydrogen) atoms. The molecule has 0 aliphatic carbocycles. The molecule has 0 aromatic heterocycles. The largest absolute Gasteiger partial charge is 0.492 e. The molecule has 0 unspecified atom stereocenters. The van der Waals surface area contributed by atoms with Gasteiger partial charge in [0.1, 0.15) is 18.9 Å². The van der Waals surface area contributed by atoms with E-state index in [1.807, 2.05) is 51.1 Å². The maximum Gasteiger partial charge on any atom is 0.264 e. The lowest BCUT2D eigenvalue weighted by Gasteiger charge is -2.24. The number of hydrogen-bond acceptors (Lipinski definition) is 4. The minimum atomic E-state index is -3.94. The van der Waals surface area contributed by atoms with Crippen molar-refractivity contribution in [2.45, 2.75) is 45.4 Å². The number of carbonyl (C=O) groups is 1. The summed E-state index contributed by atoms with van der Waals surface area (Å²) < 4.78 is 33.9. The van der Waals surface area contributed by atoms with Crippen molar-refractivity contribution < 1.29 is 17.9 Å². The minimum Gasteiger partial charge on any atom is -0.492 e. The highest BCUT2D eigenvalue weighted by Crippen LogP contribution is 2.26. The molecule has 1 amide bonds. The van der Waals surface area contributed by atoms with Crippen LogP contribution in [0.4, 0.5) is 5.69 Å². The van der Waals surface area contributed by atoms with Gasteiger partial charge in [0.2, 0.25) is 5.91 Å². The highest BCUT2D eigenvalue weighted by Gasteiger charge is 2.27. The fourth-order valence-electron chi connectivity index (χ4n) is 3.53. The first-order valence-electron chi connectivity index (χ1n) is 11.7. The molecule has 0 radical (unpaired) electrons. The maximum absolute atomic E-state index is 13.5. The number of carbonyl (C=O) groups excluding carboxylic acids is 1. The number of amides is 1. The van der Waals surface area contributed by atoms with E-state index in [9.17, 15) is 13.2 Å². The van der Waals surface area contributed by atoms with Gasteiger partial charge in [0.15, 0.2) is 0 Å². The fraction of sp³-hybridized carbons (Fsp3) is 0.321. The summed E-state index contributed by atoms with van der Waals surface area (Å²) in [4.78, 5) is 12.9. The second-order valence-corrected chi connectivity index (χ2v) is 10.9. The topological polar surface area (TPSA) is 75.7 Å². The molecule has 0 heterocycles. The van der Waals surface area contributed by atoms with Gasteiger partial charge in [-0.25, -0.2) is 8.42 Å². The zero-order chi connectivity index (χ0) is 25.6. The lowest BCUT2D eigenvalue weighted by atomic mass is 10.0. The first kappa shape index (κ1) is 26.3. The van der Waals surface area contributed by atoms with Crippen molar-refractivity contribution in [1.29, 1.82) is 0 Å². The summed E-state index contributed by atoms with van der Waals surface area (Å²) >= 11 is 0. The smallest absolute Gasteiger partial charge is 0.264 e. The molecule has 0 spiro atoms. The summed E-state index contributed by atoms with van der Waals surface area (Å²) in [7, 11) is -3.94. The standard InChI is InChI=1S/C28H34N2O4S/c1-20(2)24-9-11-25(12-10-24)30(35(32,33)27-14-6-21(3)7-15-27)19-28(31)29-16-17-34-26-13-8-22(4)23(5)18-26/h6-15,18,20H,16-17,19H2,1-5H3,(H,29,31). The molecule has 0 atom stereocenters. The van der Waals surface area contributed by atoms with Crippen molar-refractivity contribution in [3.05, 3.63) is 89.0 Å². The van der Waals surface area contributed by atoms with Crippen molar-refractivity contribution in [2.24, 2.45) is 0 Å². The van der Waals surface area contributed by atoms with Crippen molar-refractivity contribution in [2.75, 3.05) is 24.0 Å². The number of ether oxygens (including phenoxy) is 1. The predicted molar refractivity (Wildman–Crippen MR) is 141 cm³/mol. The molecule has 3 aromatic rings. The van der Waals surface area contributed by atoms with Crippen LogP contribution in [0, 0.1) is 20.8 Å². The van der Waals surface area contributed by atoms with Gasteiger partial charge in [-0.2, -0.15) is 0 Å². The lowest BCUT2D eigenvalue weighted by molar-refractivity contribution is -0.119. The normalized spacial score (nSPS) is 11.4. The molecular weight excluding hydrogens is 460 g/mol. The monoisotopic (exact) mass is 494 g/mol. The Kier molecular flexibility index (Phi) is 8.57. The average Bonchev–Trinajstić information content (AvgIpc) is 2.82. The van der Waals surface area contributed by atoms with Crippen LogP contribution in [-0.2, 0) is 14.8 Å². The van der Waals surface area contributed by atoms with E-state index in [4.69, 9.17) is 4.74 Å². The number of benzene rings is 3. The molecule has 186 valence electrons. The molecule has 0 saturated heterocycles. The number of nitrogens with zero attached hydrogens (tertiary/aromatic N) is 1. The second-order valence-electron chi connectivity index (χ2n) is 9.02. The number of sulfonamides is 1. The number of aryl methyl sites for hydroxylation is 3. The van der Waals surface area contributed by atoms with E-state index in [0.29, 0.717) is 11.6 Å². The first-order valence-corrected chi connectivity index (χ1v) is 13.2. The van der Waals surface area contributed by atoms with E-state index >= 15 is 0 Å². The minimum absolute atomic E-state index is 0.141. The van der Waals surface area contributed by atoms with Crippen molar-refractivity contribution in [3.8, 4) is 5.75 Å². The molecule has 6 nitrogen and oxygen atoms in total. The van der Waals surface area contributed by atoms with Crippen LogP contribution in [0.2, 0.25) is 0 Å². The zero-order valence-corrected chi connectivity index (χ0v) is 21.9. The highest BCUT2D eigenvalue weighted by atomic mass is 32.2. The molecular formula is C28H34N2O4S. The number of rotatable bonds is 10. The molecule has 0 bridgehead atoms. The van der Waals surface area contributed by atoms with Crippen LogP contribution in [0.5, 0.6) is 5.75 Å². The summed E-state index contributed by atoms with van der Waals surface area (Å²) in [6.07, 6.45) is 0. The Balaban J connectivity index is 1.72. The van der Waals surface area contributed by atoms with E-state index in [-0.39, 0.29) is 24.6 Å². The Morgan fingerprint density at radius 1 is 0.914 bits per heavy atom. The van der Waals surface area contributed by atoms with E-state index in [0.717, 1.165) is 26.7 Å². The Morgan fingerprint density at radius 2 is 1.57 bits per heavy atom. The van der Waals surface area contributed by atoms with Gasteiger partial charge in [-0.1, -0.05) is 49.7 Å². The number of hydrogen-bond donors (Lipinski definition) is 1. The SMILES string of the molecule is Cc1ccc(S(=O)(=O)N(CC(=O)NCCOc2ccc(C)c(C)c2)c2ccc(C(C)C)cc2)cc1. The van der Waals surface area contributed by atoms with Crippen LogP contribution in [0.3, 0.4) is 0 Å². The summed E-state index contributed by atoms with van der Waals surface area (Å²) in [5.41, 5.74) is 4.80. The fourth-order valence-corrected chi connectivity index (χ4v) is 4.95. The van der Waals surface area contributed by atoms with Gasteiger partial charge in [0.25, 0.3) is 10.0 Å². The quantitative estimate of drug-likeness (QED) is 0.397. The Morgan fingerprint density at radius 3 is 2.17 bits per heavy atom. The van der Waals surface area contributed by atoms with E-state index in [1.165, 1.54) is 5.56 Å². The molecule has 1 N–H and O–H groups in total. The molecule has 3 rings (SSSR count). The third kappa shape index (κ3) is 6.85. The van der Waals surface area contributed by atoms with Crippen molar-refractivity contribution in [1.82, 2.24) is 5.32 Å².